The number of nitrogens with one attached hydrogen (secondary N) is 1. The number of aryl methyl sites for hydroxylation is 2. The number of nitrogens with zero attached hydrogens (tertiary/aromatic N) is 2. The zero-order chi connectivity index (χ0) is 17.2. The Balaban J connectivity index is 2.45. The summed E-state index contributed by atoms with van der Waals surface area (Å²) >= 11 is 0. The van der Waals surface area contributed by atoms with Gasteiger partial charge >= 0.3 is 5.97 Å². The van der Waals surface area contributed by atoms with Crippen molar-refractivity contribution in [3.63, 3.8) is 0 Å². The third-order valence-corrected chi connectivity index (χ3v) is 4.70. The number of benzene rings is 1. The fourth-order valence-electron chi connectivity index (χ4n) is 2.08. The minimum atomic E-state index is -3.97. The number of carboxylic acid groups (broad SMARTS) is 1. The lowest BCUT2D eigenvalue weighted by molar-refractivity contribution is 0.0696. The van der Waals surface area contributed by atoms with Gasteiger partial charge in [-0.2, -0.15) is 5.26 Å². The van der Waals surface area contributed by atoms with Crippen molar-refractivity contribution in [1.82, 2.24) is 4.98 Å². The summed E-state index contributed by atoms with van der Waals surface area (Å²) in [5, 5.41) is 17.8. The van der Waals surface area contributed by atoms with Gasteiger partial charge in [-0.3, -0.25) is 4.72 Å². The van der Waals surface area contributed by atoms with Crippen molar-refractivity contribution in [3.8, 4) is 6.07 Å². The molecule has 1 heterocycles. The van der Waals surface area contributed by atoms with E-state index >= 15 is 0 Å². The van der Waals surface area contributed by atoms with Crippen molar-refractivity contribution in [2.24, 2.45) is 0 Å². The molecule has 1 aromatic carbocycles. The standard InChI is InChI=1S/C15H13N3O4S/c1-9-5-10(2)14(6-13(9)15(19)20)23(21,22)18-12-4-3-11(7-16)17-8-12/h3-6,8,18H,1-2H3,(H,19,20). The molecule has 23 heavy (non-hydrogen) atoms. The van der Waals surface area contributed by atoms with E-state index in [0.29, 0.717) is 11.1 Å². The Hall–Kier alpha value is -2.92. The van der Waals surface area contributed by atoms with Crippen LogP contribution in [0, 0.1) is 25.2 Å². The largest absolute Gasteiger partial charge is 0.478 e. The normalized spacial score (nSPS) is 10.8. The van der Waals surface area contributed by atoms with E-state index < -0.39 is 16.0 Å². The predicted molar refractivity (Wildman–Crippen MR) is 82.6 cm³/mol. The van der Waals surface area contributed by atoms with E-state index in [1.54, 1.807) is 13.8 Å². The first-order valence-corrected chi connectivity index (χ1v) is 7.96. The molecule has 0 aliphatic rings. The Morgan fingerprint density at radius 1 is 1.26 bits per heavy atom. The molecule has 0 aliphatic carbocycles. The number of rotatable bonds is 4. The summed E-state index contributed by atoms with van der Waals surface area (Å²) in [7, 11) is -3.97. The summed E-state index contributed by atoms with van der Waals surface area (Å²) in [6.07, 6.45) is 1.22. The number of aromatic nitrogens is 1. The van der Waals surface area contributed by atoms with Crippen LogP contribution in [-0.4, -0.2) is 24.5 Å². The van der Waals surface area contributed by atoms with Gasteiger partial charge in [0.2, 0.25) is 0 Å². The molecule has 0 bridgehead atoms. The smallest absolute Gasteiger partial charge is 0.335 e. The third-order valence-electron chi connectivity index (χ3n) is 3.17. The molecule has 118 valence electrons. The Morgan fingerprint density at radius 2 is 1.96 bits per heavy atom. The highest BCUT2D eigenvalue weighted by molar-refractivity contribution is 7.92. The molecule has 0 spiro atoms. The second-order valence-electron chi connectivity index (χ2n) is 4.89. The molecule has 7 nitrogen and oxygen atoms in total. The van der Waals surface area contributed by atoms with Gasteiger partial charge in [-0.05, 0) is 43.2 Å². The van der Waals surface area contributed by atoms with E-state index in [1.807, 2.05) is 6.07 Å². The SMILES string of the molecule is Cc1cc(C)c(S(=O)(=O)Nc2ccc(C#N)nc2)cc1C(=O)O. The van der Waals surface area contributed by atoms with Gasteiger partial charge in [0.15, 0.2) is 0 Å². The number of nitriles is 1. The molecular weight excluding hydrogens is 318 g/mol. The molecule has 0 aliphatic heterocycles. The average Bonchev–Trinajstić information content (AvgIpc) is 2.46. The number of sulfonamides is 1. The van der Waals surface area contributed by atoms with Gasteiger partial charge in [0.1, 0.15) is 11.8 Å². The lowest BCUT2D eigenvalue weighted by atomic mass is 10.1. The second-order valence-corrected chi connectivity index (χ2v) is 6.54. The third kappa shape index (κ3) is 3.46. The van der Waals surface area contributed by atoms with Crippen molar-refractivity contribution in [2.45, 2.75) is 18.7 Å². The van der Waals surface area contributed by atoms with Crippen LogP contribution in [0.4, 0.5) is 5.69 Å². The molecule has 0 amide bonds. The maximum Gasteiger partial charge on any atom is 0.335 e. The molecule has 0 radical (unpaired) electrons. The van der Waals surface area contributed by atoms with Gasteiger partial charge in [0.05, 0.1) is 22.3 Å². The molecule has 2 N–H and O–H groups in total. The van der Waals surface area contributed by atoms with Crippen LogP contribution in [0.1, 0.15) is 27.2 Å². The number of carbonyl (C=O) groups is 1. The summed E-state index contributed by atoms with van der Waals surface area (Å²) in [4.78, 5) is 14.8. The summed E-state index contributed by atoms with van der Waals surface area (Å²) in [6.45, 7) is 3.19. The topological polar surface area (TPSA) is 120 Å². The van der Waals surface area contributed by atoms with Gasteiger partial charge in [-0.15, -0.1) is 0 Å². The summed E-state index contributed by atoms with van der Waals surface area (Å²) in [5.41, 5.74) is 1.18. The van der Waals surface area contributed by atoms with Gasteiger partial charge in [-0.25, -0.2) is 18.2 Å². The first-order chi connectivity index (χ1) is 10.7. The Labute approximate surface area is 133 Å². The number of aromatic carboxylic acids is 1. The van der Waals surface area contributed by atoms with E-state index in [9.17, 15) is 13.2 Å². The van der Waals surface area contributed by atoms with Crippen LogP contribution in [0.25, 0.3) is 0 Å². The predicted octanol–water partition coefficient (Wildman–Crippen LogP) is 2.07. The molecule has 1 aromatic heterocycles. The highest BCUT2D eigenvalue weighted by atomic mass is 32.2. The molecule has 0 saturated heterocycles. The Kier molecular flexibility index (Phi) is 4.33. The molecule has 0 saturated carbocycles. The van der Waals surface area contributed by atoms with Crippen molar-refractivity contribution in [1.29, 1.82) is 5.26 Å². The molecule has 0 atom stereocenters. The lowest BCUT2D eigenvalue weighted by Gasteiger charge is -2.12. The number of pyridine rings is 1. The number of carboxylic acids is 1. The van der Waals surface area contributed by atoms with Crippen molar-refractivity contribution in [3.05, 3.63) is 52.8 Å². The van der Waals surface area contributed by atoms with E-state index in [-0.39, 0.29) is 21.8 Å². The Bertz CT molecular complexity index is 913. The van der Waals surface area contributed by atoms with E-state index in [4.69, 9.17) is 10.4 Å². The highest BCUT2D eigenvalue weighted by Crippen LogP contribution is 2.23. The van der Waals surface area contributed by atoms with Crippen LogP contribution >= 0.6 is 0 Å². The Morgan fingerprint density at radius 3 is 2.48 bits per heavy atom. The zero-order valence-electron chi connectivity index (χ0n) is 12.4. The molecule has 0 fully saturated rings. The molecule has 2 rings (SSSR count). The molecule has 0 unspecified atom stereocenters. The van der Waals surface area contributed by atoms with Crippen LogP contribution in [-0.2, 0) is 10.0 Å². The maximum absolute atomic E-state index is 12.5. The van der Waals surface area contributed by atoms with E-state index in [0.717, 1.165) is 6.07 Å². The molecule has 8 heteroatoms. The van der Waals surface area contributed by atoms with Crippen LogP contribution in [0.5, 0.6) is 0 Å². The van der Waals surface area contributed by atoms with Crippen molar-refractivity contribution < 1.29 is 18.3 Å². The van der Waals surface area contributed by atoms with Crippen LogP contribution in [0.3, 0.4) is 0 Å². The van der Waals surface area contributed by atoms with Crippen molar-refractivity contribution >= 4 is 21.7 Å². The van der Waals surface area contributed by atoms with Crippen LogP contribution < -0.4 is 4.72 Å². The summed E-state index contributed by atoms with van der Waals surface area (Å²) in [5.74, 6) is -1.20. The number of hydrogen-bond acceptors (Lipinski definition) is 5. The fraction of sp³-hybridized carbons (Fsp3) is 0.133. The summed E-state index contributed by atoms with van der Waals surface area (Å²) in [6, 6.07) is 7.26. The first kappa shape index (κ1) is 16.5. The maximum atomic E-state index is 12.5. The quantitative estimate of drug-likeness (QED) is 0.885. The van der Waals surface area contributed by atoms with Gasteiger partial charge in [0, 0.05) is 0 Å². The van der Waals surface area contributed by atoms with E-state index in [1.165, 1.54) is 24.4 Å². The summed E-state index contributed by atoms with van der Waals surface area (Å²) < 4.78 is 27.3. The highest BCUT2D eigenvalue weighted by Gasteiger charge is 2.21. The molecular formula is C15H13N3O4S. The fourth-order valence-corrected chi connectivity index (χ4v) is 3.38. The van der Waals surface area contributed by atoms with Crippen molar-refractivity contribution in [2.75, 3.05) is 4.72 Å². The number of anilines is 1. The van der Waals surface area contributed by atoms with Gasteiger partial charge < -0.3 is 5.11 Å². The van der Waals surface area contributed by atoms with Crippen LogP contribution in [0.15, 0.2) is 35.4 Å². The zero-order valence-corrected chi connectivity index (χ0v) is 13.2. The lowest BCUT2D eigenvalue weighted by Crippen LogP contribution is -2.16. The minimum Gasteiger partial charge on any atom is -0.478 e. The van der Waals surface area contributed by atoms with Gasteiger partial charge in [-0.1, -0.05) is 6.07 Å². The monoisotopic (exact) mass is 331 g/mol. The number of hydrogen-bond donors (Lipinski definition) is 2. The van der Waals surface area contributed by atoms with Gasteiger partial charge in [0.25, 0.3) is 10.0 Å². The minimum absolute atomic E-state index is 0.0751. The van der Waals surface area contributed by atoms with Crippen LogP contribution in [0.2, 0.25) is 0 Å². The molecule has 2 aromatic rings. The first-order valence-electron chi connectivity index (χ1n) is 6.48. The second kappa shape index (κ2) is 6.06. The van der Waals surface area contributed by atoms with E-state index in [2.05, 4.69) is 9.71 Å². The average molecular weight is 331 g/mol.